The Morgan fingerprint density at radius 1 is 1.67 bits per heavy atom. The first-order valence-corrected chi connectivity index (χ1v) is 3.93. The van der Waals surface area contributed by atoms with Gasteiger partial charge in [-0.2, -0.15) is 8.42 Å². The zero-order chi connectivity index (χ0) is 7.49. The van der Waals surface area contributed by atoms with Gasteiger partial charge in [0.2, 0.25) is 0 Å². The molecule has 0 aliphatic heterocycles. The molecule has 0 aromatic heterocycles. The lowest BCUT2D eigenvalue weighted by Crippen LogP contribution is -2.09. The van der Waals surface area contributed by atoms with Crippen molar-refractivity contribution in [2.24, 2.45) is 5.92 Å². The van der Waals surface area contributed by atoms with Crippen LogP contribution in [0.25, 0.3) is 0 Å². The third-order valence-corrected chi connectivity index (χ3v) is 1.65. The molecular weight excluding hydrogens is 140 g/mol. The Hall–Kier alpha value is -0.530. The van der Waals surface area contributed by atoms with E-state index in [1.807, 2.05) is 0 Å². The van der Waals surface area contributed by atoms with E-state index in [1.165, 1.54) is 6.92 Å². The van der Waals surface area contributed by atoms with Gasteiger partial charge in [-0.15, -0.1) is 12.3 Å². The minimum absolute atomic E-state index is 0.469. The first-order chi connectivity index (χ1) is 3.95. The van der Waals surface area contributed by atoms with E-state index in [4.69, 9.17) is 6.42 Å². The molecule has 0 spiro atoms. The average molecular weight is 147 g/mol. The Morgan fingerprint density at radius 2 is 2.11 bits per heavy atom. The lowest BCUT2D eigenvalue weighted by molar-refractivity contribution is 0.411. The van der Waals surface area contributed by atoms with Crippen LogP contribution >= 0.6 is 0 Å². The van der Waals surface area contributed by atoms with E-state index in [-0.39, 0.29) is 0 Å². The summed E-state index contributed by atoms with van der Waals surface area (Å²) in [4.78, 5) is 0. The van der Waals surface area contributed by atoms with Crippen molar-refractivity contribution in [2.45, 2.75) is 6.92 Å². The van der Waals surface area contributed by atoms with Gasteiger partial charge >= 0.3 is 0 Å². The molecule has 0 fully saturated rings. The van der Waals surface area contributed by atoms with Gasteiger partial charge < -0.3 is 0 Å². The molecule has 4 heteroatoms. The lowest BCUT2D eigenvalue weighted by atomic mass is 10.2. The van der Waals surface area contributed by atoms with E-state index in [2.05, 4.69) is 5.92 Å². The molecule has 0 amide bonds. The predicted molar refractivity (Wildman–Crippen MR) is 32.5 cm³/mol. The van der Waals surface area contributed by atoms with E-state index in [0.717, 1.165) is 0 Å². The van der Waals surface area contributed by atoms with Crippen LogP contribution in [0.4, 0.5) is 0 Å². The van der Waals surface area contributed by atoms with Crippen LogP contribution in [-0.2, 0) is 14.7 Å². The topological polar surface area (TPSA) is 54.0 Å². The van der Waals surface area contributed by atoms with Crippen molar-refractivity contribution in [1.82, 2.24) is 0 Å². The standard InChI is InChI=1S/C5H7O3S/c1-3-5(2)4-9(6,7)8/h1,5H,4H2,2H3. The highest BCUT2D eigenvalue weighted by molar-refractivity contribution is 7.85. The van der Waals surface area contributed by atoms with Crippen molar-refractivity contribution in [3.8, 4) is 12.3 Å². The molecule has 0 bridgehead atoms. The highest BCUT2D eigenvalue weighted by Gasteiger charge is 2.10. The van der Waals surface area contributed by atoms with Crippen molar-refractivity contribution in [3.63, 3.8) is 0 Å². The van der Waals surface area contributed by atoms with Crippen LogP contribution in [0.3, 0.4) is 0 Å². The van der Waals surface area contributed by atoms with Crippen LogP contribution in [0.5, 0.6) is 0 Å². The Morgan fingerprint density at radius 3 is 2.22 bits per heavy atom. The quantitative estimate of drug-likeness (QED) is 0.517. The highest BCUT2D eigenvalue weighted by atomic mass is 32.2. The largest absolute Gasteiger partial charge is 0.295 e. The third kappa shape index (κ3) is 5.34. The fraction of sp³-hybridized carbons (Fsp3) is 0.600. The minimum atomic E-state index is -4.13. The van der Waals surface area contributed by atoms with Crippen LogP contribution in [-0.4, -0.2) is 14.2 Å². The maximum atomic E-state index is 9.95. The Labute approximate surface area is 54.8 Å². The zero-order valence-corrected chi connectivity index (χ0v) is 5.81. The third-order valence-electron chi connectivity index (χ3n) is 0.739. The molecule has 0 aromatic carbocycles. The van der Waals surface area contributed by atoms with Crippen molar-refractivity contribution < 1.29 is 13.0 Å². The first kappa shape index (κ1) is 8.47. The summed E-state index contributed by atoms with van der Waals surface area (Å²) >= 11 is 0. The second-order valence-electron chi connectivity index (χ2n) is 1.79. The second kappa shape index (κ2) is 2.85. The summed E-state index contributed by atoms with van der Waals surface area (Å²) in [5.41, 5.74) is 0. The molecule has 0 rings (SSSR count). The number of rotatable bonds is 2. The average Bonchev–Trinajstić information content (AvgIpc) is 1.62. The summed E-state index contributed by atoms with van der Waals surface area (Å²) in [6.45, 7) is 1.51. The molecule has 0 heterocycles. The number of hydrogen-bond acceptors (Lipinski definition) is 2. The van der Waals surface area contributed by atoms with E-state index in [9.17, 15) is 13.0 Å². The van der Waals surface area contributed by atoms with Gasteiger partial charge in [-0.25, -0.2) is 0 Å². The number of terminal acetylenes is 1. The summed E-state index contributed by atoms with van der Waals surface area (Å²) < 4.78 is 29.8. The van der Waals surface area contributed by atoms with E-state index in [0.29, 0.717) is 0 Å². The van der Waals surface area contributed by atoms with Crippen LogP contribution in [0, 0.1) is 18.3 Å². The SMILES string of the molecule is C#CC(C)CS([O])(=O)=O. The predicted octanol–water partition coefficient (Wildman–Crippen LogP) is 0.0160. The lowest BCUT2D eigenvalue weighted by Gasteiger charge is -1.95. The molecule has 1 radical (unpaired) electrons. The number of hydrogen-bond donors (Lipinski definition) is 0. The van der Waals surface area contributed by atoms with Gasteiger partial charge in [0.05, 0.1) is 5.75 Å². The molecule has 0 aromatic rings. The first-order valence-electron chi connectivity index (χ1n) is 2.35. The molecule has 0 aliphatic carbocycles. The Balaban J connectivity index is 3.94. The molecule has 0 saturated heterocycles. The molecule has 0 aliphatic rings. The van der Waals surface area contributed by atoms with Gasteiger partial charge in [0, 0.05) is 5.92 Å². The van der Waals surface area contributed by atoms with Gasteiger partial charge in [0.15, 0.2) is 0 Å². The molecule has 0 N–H and O–H groups in total. The highest BCUT2D eigenvalue weighted by Crippen LogP contribution is 1.96. The molecular formula is C5H7O3S. The van der Waals surface area contributed by atoms with E-state index < -0.39 is 21.8 Å². The summed E-state index contributed by atoms with van der Waals surface area (Å²) in [6, 6.07) is 0. The fourth-order valence-electron chi connectivity index (χ4n) is 0.354. The van der Waals surface area contributed by atoms with Gasteiger partial charge in [-0.3, -0.25) is 0 Å². The molecule has 3 nitrogen and oxygen atoms in total. The van der Waals surface area contributed by atoms with Crippen molar-refractivity contribution in [1.29, 1.82) is 0 Å². The summed E-state index contributed by atoms with van der Waals surface area (Å²) in [5, 5.41) is 0. The van der Waals surface area contributed by atoms with Crippen molar-refractivity contribution in [2.75, 3.05) is 5.75 Å². The Kier molecular flexibility index (Phi) is 2.68. The summed E-state index contributed by atoms with van der Waals surface area (Å²) in [7, 11) is -4.13. The Bertz CT molecular complexity index is 209. The molecule has 9 heavy (non-hydrogen) atoms. The van der Waals surface area contributed by atoms with Gasteiger partial charge in [-0.05, 0) is 0 Å². The molecule has 1 atom stereocenters. The minimum Gasteiger partial charge on any atom is -0.197 e. The smallest absolute Gasteiger partial charge is 0.197 e. The van der Waals surface area contributed by atoms with E-state index >= 15 is 0 Å². The van der Waals surface area contributed by atoms with E-state index in [1.54, 1.807) is 0 Å². The van der Waals surface area contributed by atoms with Gasteiger partial charge in [-0.1, -0.05) is 11.5 Å². The van der Waals surface area contributed by atoms with Crippen LogP contribution in [0.15, 0.2) is 0 Å². The van der Waals surface area contributed by atoms with Crippen LogP contribution < -0.4 is 0 Å². The van der Waals surface area contributed by atoms with Crippen LogP contribution in [0.1, 0.15) is 6.92 Å². The molecule has 0 saturated carbocycles. The second-order valence-corrected chi connectivity index (χ2v) is 3.24. The summed E-state index contributed by atoms with van der Waals surface area (Å²) in [5.74, 6) is 1.19. The fourth-order valence-corrected chi connectivity index (χ4v) is 1.06. The van der Waals surface area contributed by atoms with Gasteiger partial charge in [0.1, 0.15) is 0 Å². The maximum Gasteiger partial charge on any atom is 0.295 e. The van der Waals surface area contributed by atoms with Crippen molar-refractivity contribution in [3.05, 3.63) is 0 Å². The molecule has 51 valence electrons. The van der Waals surface area contributed by atoms with Crippen LogP contribution in [0.2, 0.25) is 0 Å². The van der Waals surface area contributed by atoms with Gasteiger partial charge in [0.25, 0.3) is 10.1 Å². The summed E-state index contributed by atoms with van der Waals surface area (Å²) in [6.07, 6.45) is 4.83. The molecule has 1 unspecified atom stereocenters. The monoisotopic (exact) mass is 147 g/mol. The van der Waals surface area contributed by atoms with Crippen molar-refractivity contribution >= 4 is 10.1 Å². The maximum absolute atomic E-state index is 9.95. The zero-order valence-electron chi connectivity index (χ0n) is 4.99. The normalized spacial score (nSPS) is 14.3.